The summed E-state index contributed by atoms with van der Waals surface area (Å²) in [6.45, 7) is 0. The molecular formula is C8H4N2SSe. The summed E-state index contributed by atoms with van der Waals surface area (Å²) in [5, 5.41) is 2.02. The molecule has 0 unspecified atom stereocenters. The van der Waals surface area contributed by atoms with Gasteiger partial charge in [-0.2, -0.15) is 0 Å². The molecule has 2 nitrogen and oxygen atoms in total. The van der Waals surface area contributed by atoms with Gasteiger partial charge in [-0.25, -0.2) is 0 Å². The minimum absolute atomic E-state index is 0.438. The molecule has 0 saturated heterocycles. The molecule has 12 heavy (non-hydrogen) atoms. The molecule has 0 aliphatic rings. The van der Waals surface area contributed by atoms with Crippen molar-refractivity contribution in [2.24, 2.45) is 0 Å². The molecule has 0 radical (unpaired) electrons. The van der Waals surface area contributed by atoms with Gasteiger partial charge < -0.3 is 0 Å². The van der Waals surface area contributed by atoms with Crippen molar-refractivity contribution in [3.8, 4) is 0 Å². The molecule has 0 aliphatic carbocycles. The molecule has 0 saturated carbocycles. The van der Waals surface area contributed by atoms with Gasteiger partial charge in [-0.15, -0.1) is 0 Å². The zero-order chi connectivity index (χ0) is 7.97. The van der Waals surface area contributed by atoms with Crippen LogP contribution in [0.1, 0.15) is 0 Å². The number of hydrogen-bond donors (Lipinski definition) is 0. The van der Waals surface area contributed by atoms with Crippen molar-refractivity contribution >= 4 is 45.8 Å². The maximum atomic E-state index is 4.31. The molecule has 2 aromatic heterocycles. The quantitative estimate of drug-likeness (QED) is 0.560. The van der Waals surface area contributed by atoms with E-state index in [0.717, 1.165) is 11.0 Å². The number of thiazole rings is 1. The van der Waals surface area contributed by atoms with Crippen LogP contribution in [-0.4, -0.2) is 24.5 Å². The average molecular weight is 239 g/mol. The molecule has 0 bridgehead atoms. The number of rotatable bonds is 0. The molecule has 3 aromatic rings. The standard InChI is InChI=1S/C8H4N2SSe/c1-6-8(12-4-10-6)2-5-7(1)11-3-9-5/h1-4H. The number of fused-ring (bicyclic) bond motifs is 2. The third kappa shape index (κ3) is 0.860. The molecule has 3 rings (SSSR count). The topological polar surface area (TPSA) is 25.8 Å². The fourth-order valence-corrected chi connectivity index (χ4v) is 3.35. The van der Waals surface area contributed by atoms with E-state index in [-0.39, 0.29) is 0 Å². The van der Waals surface area contributed by atoms with Gasteiger partial charge >= 0.3 is 78.5 Å². The second kappa shape index (κ2) is 2.39. The number of hydrogen-bond acceptors (Lipinski definition) is 3. The summed E-state index contributed by atoms with van der Waals surface area (Å²) < 4.78 is 2.60. The van der Waals surface area contributed by atoms with Crippen LogP contribution in [0.3, 0.4) is 0 Å². The third-order valence-electron chi connectivity index (χ3n) is 1.78. The van der Waals surface area contributed by atoms with Crippen LogP contribution in [-0.2, 0) is 0 Å². The Kier molecular flexibility index (Phi) is 1.35. The maximum absolute atomic E-state index is 4.31. The van der Waals surface area contributed by atoms with E-state index < -0.39 is 0 Å². The molecule has 0 N–H and O–H groups in total. The van der Waals surface area contributed by atoms with Gasteiger partial charge in [-0.3, -0.25) is 0 Å². The summed E-state index contributed by atoms with van der Waals surface area (Å²) in [4.78, 5) is 8.58. The molecule has 0 atom stereocenters. The average Bonchev–Trinajstić information content (AvgIpc) is 2.64. The Bertz CT molecular complexity index is 449. The third-order valence-corrected chi connectivity index (χ3v) is 4.24. The van der Waals surface area contributed by atoms with Crippen LogP contribution in [0.25, 0.3) is 20.0 Å². The molecule has 4 heteroatoms. The van der Waals surface area contributed by atoms with Crippen molar-refractivity contribution in [3.05, 3.63) is 22.7 Å². The van der Waals surface area contributed by atoms with Crippen LogP contribution >= 0.6 is 11.3 Å². The van der Waals surface area contributed by atoms with Gasteiger partial charge in [0.05, 0.1) is 0 Å². The molecule has 0 fully saturated rings. The van der Waals surface area contributed by atoms with E-state index in [1.807, 2.05) is 10.6 Å². The number of nitrogens with zero attached hydrogens (tertiary/aromatic N) is 2. The first-order valence-electron chi connectivity index (χ1n) is 3.50. The Morgan fingerprint density at radius 2 is 2.17 bits per heavy atom. The van der Waals surface area contributed by atoms with E-state index in [9.17, 15) is 0 Å². The van der Waals surface area contributed by atoms with Crippen LogP contribution in [0.5, 0.6) is 0 Å². The van der Waals surface area contributed by atoms with Gasteiger partial charge in [0.25, 0.3) is 0 Å². The van der Waals surface area contributed by atoms with Gasteiger partial charge in [0.15, 0.2) is 0 Å². The summed E-state index contributed by atoms with van der Waals surface area (Å²) in [5.74, 6) is 0. The minimum atomic E-state index is 0.438. The van der Waals surface area contributed by atoms with Gasteiger partial charge in [0.1, 0.15) is 0 Å². The Labute approximate surface area is 78.6 Å². The Balaban J connectivity index is 2.62. The fourth-order valence-electron chi connectivity index (χ4n) is 1.21. The summed E-state index contributed by atoms with van der Waals surface area (Å²) in [6.07, 6.45) is 0. The van der Waals surface area contributed by atoms with Crippen LogP contribution < -0.4 is 0 Å². The second-order valence-corrected chi connectivity index (χ2v) is 5.24. The van der Waals surface area contributed by atoms with Gasteiger partial charge in [-0.05, 0) is 0 Å². The van der Waals surface area contributed by atoms with Crippen molar-refractivity contribution in [1.29, 1.82) is 0 Å². The van der Waals surface area contributed by atoms with Gasteiger partial charge in [-0.1, -0.05) is 0 Å². The predicted molar refractivity (Wildman–Crippen MR) is 51.9 cm³/mol. The predicted octanol–water partition coefficient (Wildman–Crippen LogP) is 1.90. The van der Waals surface area contributed by atoms with E-state index >= 15 is 0 Å². The summed E-state index contributed by atoms with van der Waals surface area (Å²) in [5.41, 5.74) is 4.15. The van der Waals surface area contributed by atoms with Gasteiger partial charge in [0.2, 0.25) is 0 Å². The van der Waals surface area contributed by atoms with E-state index in [1.165, 1.54) is 8.96 Å². The summed E-state index contributed by atoms with van der Waals surface area (Å²) in [6, 6.07) is 4.29. The zero-order valence-corrected chi connectivity index (χ0v) is 8.55. The Hall–Kier alpha value is -0.701. The molecular weight excluding hydrogens is 235 g/mol. The van der Waals surface area contributed by atoms with Crippen molar-refractivity contribution in [1.82, 2.24) is 9.97 Å². The number of aromatic nitrogens is 2. The SMILES string of the molecule is c1nc2cc3[se]cnc3cc2s1. The van der Waals surface area contributed by atoms with E-state index in [0.29, 0.717) is 14.5 Å². The molecule has 58 valence electrons. The molecule has 2 heterocycles. The first-order valence-corrected chi connectivity index (χ1v) is 6.22. The number of benzene rings is 1. The first kappa shape index (κ1) is 6.78. The van der Waals surface area contributed by atoms with Gasteiger partial charge in [0, 0.05) is 0 Å². The van der Waals surface area contributed by atoms with E-state index in [1.54, 1.807) is 11.3 Å². The summed E-state index contributed by atoms with van der Waals surface area (Å²) in [7, 11) is 0. The molecule has 0 aliphatic heterocycles. The summed E-state index contributed by atoms with van der Waals surface area (Å²) >= 11 is 2.11. The van der Waals surface area contributed by atoms with Crippen molar-refractivity contribution in [2.45, 2.75) is 0 Å². The first-order chi connectivity index (χ1) is 5.93. The normalized spacial score (nSPS) is 11.3. The molecule has 0 amide bonds. The molecule has 1 aromatic carbocycles. The zero-order valence-electron chi connectivity index (χ0n) is 6.02. The monoisotopic (exact) mass is 240 g/mol. The molecule has 0 spiro atoms. The van der Waals surface area contributed by atoms with Crippen LogP contribution in [0, 0.1) is 0 Å². The fraction of sp³-hybridized carbons (Fsp3) is 0. The van der Waals surface area contributed by atoms with E-state index in [2.05, 4.69) is 22.1 Å². The van der Waals surface area contributed by atoms with Crippen LogP contribution in [0.15, 0.2) is 22.7 Å². The Morgan fingerprint density at radius 1 is 1.17 bits per heavy atom. The Morgan fingerprint density at radius 3 is 3.17 bits per heavy atom. The second-order valence-electron chi connectivity index (χ2n) is 2.49. The van der Waals surface area contributed by atoms with Crippen molar-refractivity contribution in [3.63, 3.8) is 0 Å². The van der Waals surface area contributed by atoms with E-state index in [4.69, 9.17) is 0 Å². The van der Waals surface area contributed by atoms with Crippen molar-refractivity contribution < 1.29 is 0 Å². The van der Waals surface area contributed by atoms with Crippen molar-refractivity contribution in [2.75, 3.05) is 0 Å². The van der Waals surface area contributed by atoms with Crippen LogP contribution in [0.2, 0.25) is 0 Å². The van der Waals surface area contributed by atoms with Crippen LogP contribution in [0.4, 0.5) is 0 Å².